The second-order valence-electron chi connectivity index (χ2n) is 10.9. The van der Waals surface area contributed by atoms with Gasteiger partial charge in [0.1, 0.15) is 6.04 Å². The molecule has 2 heterocycles. The van der Waals surface area contributed by atoms with Crippen molar-refractivity contribution in [3.63, 3.8) is 0 Å². The summed E-state index contributed by atoms with van der Waals surface area (Å²) in [5, 5.41) is 8.73. The Kier molecular flexibility index (Phi) is 7.97. The molecule has 2 aromatic carbocycles. The van der Waals surface area contributed by atoms with Gasteiger partial charge in [0, 0.05) is 42.4 Å². The Labute approximate surface area is 243 Å². The summed E-state index contributed by atoms with van der Waals surface area (Å²) in [6.07, 6.45) is 4.95. The maximum absolute atomic E-state index is 13.1. The van der Waals surface area contributed by atoms with Crippen LogP contribution in [0.1, 0.15) is 43.9 Å². The molecule has 2 aromatic heterocycles. The highest BCUT2D eigenvalue weighted by molar-refractivity contribution is 6.42. The molecule has 0 aliphatic heterocycles. The fourth-order valence-electron chi connectivity index (χ4n) is 5.55. The van der Waals surface area contributed by atoms with E-state index in [1.54, 1.807) is 18.5 Å². The van der Waals surface area contributed by atoms with Gasteiger partial charge in [-0.15, -0.1) is 0 Å². The lowest BCUT2D eigenvalue weighted by Crippen LogP contribution is -2.49. The van der Waals surface area contributed by atoms with Crippen LogP contribution < -0.4 is 11.1 Å². The van der Waals surface area contributed by atoms with Gasteiger partial charge in [0.2, 0.25) is 11.8 Å². The molecule has 3 N–H and O–H groups in total. The lowest BCUT2D eigenvalue weighted by atomic mass is 9.52. The fraction of sp³-hybridized carbons (Fsp3) is 0.290. The quantitative estimate of drug-likeness (QED) is 0.256. The van der Waals surface area contributed by atoms with Crippen LogP contribution in [-0.2, 0) is 16.0 Å². The van der Waals surface area contributed by atoms with Crippen LogP contribution in [0.5, 0.6) is 0 Å². The van der Waals surface area contributed by atoms with E-state index in [1.165, 1.54) is 0 Å². The van der Waals surface area contributed by atoms with E-state index in [0.29, 0.717) is 22.9 Å². The van der Waals surface area contributed by atoms with Gasteiger partial charge in [-0.3, -0.25) is 14.6 Å². The van der Waals surface area contributed by atoms with Gasteiger partial charge in [0.05, 0.1) is 21.4 Å². The van der Waals surface area contributed by atoms with Crippen molar-refractivity contribution in [2.45, 2.75) is 45.1 Å². The number of rotatable bonds is 9. The third kappa shape index (κ3) is 5.76. The van der Waals surface area contributed by atoms with Crippen LogP contribution in [0.15, 0.2) is 79.1 Å². The average molecular weight is 577 g/mol. The van der Waals surface area contributed by atoms with E-state index in [1.807, 2.05) is 59.3 Å². The molecule has 2 amide bonds. The monoisotopic (exact) mass is 575 g/mol. The molecule has 0 saturated heterocycles. The van der Waals surface area contributed by atoms with Crippen molar-refractivity contribution in [1.29, 1.82) is 0 Å². The SMILES string of the molecule is CC1(C)[C@@H](CC(=O)N[C@@H](Cc2ccccc2)C(N)=O)C[C@@H]1c1cc(-c2ccncc2)nn1-c1ccc(Cl)c(Cl)c1. The van der Waals surface area contributed by atoms with Gasteiger partial charge in [0.15, 0.2) is 0 Å². The molecule has 3 atom stereocenters. The van der Waals surface area contributed by atoms with Gasteiger partial charge >= 0.3 is 0 Å². The van der Waals surface area contributed by atoms with Crippen molar-refractivity contribution < 1.29 is 9.59 Å². The number of hydrogen-bond acceptors (Lipinski definition) is 4. The Bertz CT molecular complexity index is 1520. The summed E-state index contributed by atoms with van der Waals surface area (Å²) >= 11 is 12.5. The molecule has 4 aromatic rings. The second kappa shape index (κ2) is 11.4. The van der Waals surface area contributed by atoms with Crippen molar-refractivity contribution in [2.75, 3.05) is 0 Å². The number of pyridine rings is 1. The first-order valence-corrected chi connectivity index (χ1v) is 14.0. The van der Waals surface area contributed by atoms with Gasteiger partial charge < -0.3 is 11.1 Å². The number of amides is 2. The van der Waals surface area contributed by atoms with Crippen LogP contribution in [0.2, 0.25) is 10.0 Å². The number of nitrogens with two attached hydrogens (primary N) is 1. The minimum absolute atomic E-state index is 0.115. The Balaban J connectivity index is 1.35. The van der Waals surface area contributed by atoms with Crippen molar-refractivity contribution in [3.8, 4) is 16.9 Å². The summed E-state index contributed by atoms with van der Waals surface area (Å²) < 4.78 is 1.92. The highest BCUT2D eigenvalue weighted by atomic mass is 35.5. The van der Waals surface area contributed by atoms with Crippen LogP contribution in [0.25, 0.3) is 16.9 Å². The zero-order valence-corrected chi connectivity index (χ0v) is 23.9. The number of nitrogens with zero attached hydrogens (tertiary/aromatic N) is 3. The molecule has 0 bridgehead atoms. The molecule has 5 rings (SSSR count). The van der Waals surface area contributed by atoms with Crippen LogP contribution in [0, 0.1) is 11.3 Å². The zero-order valence-electron chi connectivity index (χ0n) is 22.4. The summed E-state index contributed by atoms with van der Waals surface area (Å²) in [7, 11) is 0. The van der Waals surface area contributed by atoms with Crippen LogP contribution in [-0.4, -0.2) is 32.6 Å². The first-order valence-electron chi connectivity index (χ1n) is 13.2. The molecular formula is C31H31Cl2N5O2. The second-order valence-corrected chi connectivity index (χ2v) is 11.7. The van der Waals surface area contributed by atoms with Crippen LogP contribution in [0.4, 0.5) is 0 Å². The summed E-state index contributed by atoms with van der Waals surface area (Å²) in [6, 6.07) is 20.2. The first kappa shape index (κ1) is 27.9. The number of carbonyl (C=O) groups is 2. The molecule has 9 heteroatoms. The van der Waals surface area contributed by atoms with Crippen LogP contribution >= 0.6 is 23.2 Å². The molecule has 0 unspecified atom stereocenters. The highest BCUT2D eigenvalue weighted by Crippen LogP contribution is 2.58. The molecule has 40 heavy (non-hydrogen) atoms. The standard InChI is InChI=1S/C31H31Cl2N5O2/c1-31(2)21(16-29(39)36-27(30(34)40)14-19-6-4-3-5-7-19)15-23(31)28-18-26(20-10-12-35-13-11-20)37-38(28)22-8-9-24(32)25(33)17-22/h3-13,17-18,21,23,27H,14-16H2,1-2H3,(H2,34,40)(H,36,39)/t21-,23-,27+/m1/s1. The number of halogens is 2. The Hall–Kier alpha value is -3.68. The Morgan fingerprint density at radius 1 is 1.05 bits per heavy atom. The van der Waals surface area contributed by atoms with Crippen LogP contribution in [0.3, 0.4) is 0 Å². The van der Waals surface area contributed by atoms with E-state index in [9.17, 15) is 9.59 Å². The molecule has 1 fully saturated rings. The number of benzene rings is 2. The van der Waals surface area contributed by atoms with E-state index in [2.05, 4.69) is 30.2 Å². The summed E-state index contributed by atoms with van der Waals surface area (Å²) in [5.41, 5.74) is 9.98. The predicted octanol–water partition coefficient (Wildman–Crippen LogP) is 5.97. The minimum atomic E-state index is -0.757. The molecule has 1 saturated carbocycles. The number of carbonyl (C=O) groups excluding carboxylic acids is 2. The third-order valence-electron chi connectivity index (χ3n) is 8.08. The summed E-state index contributed by atoms with van der Waals surface area (Å²) in [5.74, 6) is -0.466. The fourth-order valence-corrected chi connectivity index (χ4v) is 5.84. The van der Waals surface area contributed by atoms with Gasteiger partial charge in [-0.05, 0) is 59.7 Å². The van der Waals surface area contributed by atoms with E-state index < -0.39 is 11.9 Å². The van der Waals surface area contributed by atoms with Crippen molar-refractivity contribution in [2.24, 2.45) is 17.1 Å². The Morgan fingerprint density at radius 3 is 2.42 bits per heavy atom. The summed E-state index contributed by atoms with van der Waals surface area (Å²) in [4.78, 5) is 29.3. The number of aromatic nitrogens is 3. The van der Waals surface area contributed by atoms with Gasteiger partial charge in [-0.1, -0.05) is 67.4 Å². The van der Waals surface area contributed by atoms with E-state index in [4.69, 9.17) is 34.0 Å². The van der Waals surface area contributed by atoms with E-state index in [0.717, 1.165) is 34.6 Å². The van der Waals surface area contributed by atoms with E-state index in [-0.39, 0.29) is 23.2 Å². The van der Waals surface area contributed by atoms with Crippen molar-refractivity contribution in [1.82, 2.24) is 20.1 Å². The minimum Gasteiger partial charge on any atom is -0.368 e. The van der Waals surface area contributed by atoms with Crippen molar-refractivity contribution >= 4 is 35.0 Å². The topological polar surface area (TPSA) is 103 Å². The largest absolute Gasteiger partial charge is 0.368 e. The normalized spacial score (nSPS) is 18.5. The zero-order chi connectivity index (χ0) is 28.4. The Morgan fingerprint density at radius 2 is 1.77 bits per heavy atom. The van der Waals surface area contributed by atoms with Gasteiger partial charge in [-0.2, -0.15) is 5.10 Å². The summed E-state index contributed by atoms with van der Waals surface area (Å²) in [6.45, 7) is 4.35. The smallest absolute Gasteiger partial charge is 0.240 e. The average Bonchev–Trinajstić information content (AvgIpc) is 3.37. The number of hydrogen-bond donors (Lipinski definition) is 2. The molecular weight excluding hydrogens is 545 g/mol. The van der Waals surface area contributed by atoms with Gasteiger partial charge in [-0.25, -0.2) is 4.68 Å². The molecule has 0 spiro atoms. The third-order valence-corrected chi connectivity index (χ3v) is 8.82. The molecule has 206 valence electrons. The maximum Gasteiger partial charge on any atom is 0.240 e. The van der Waals surface area contributed by atoms with E-state index >= 15 is 0 Å². The molecule has 1 aliphatic rings. The molecule has 1 aliphatic carbocycles. The van der Waals surface area contributed by atoms with Gasteiger partial charge in [0.25, 0.3) is 0 Å². The molecule has 7 nitrogen and oxygen atoms in total. The lowest BCUT2D eigenvalue weighted by Gasteiger charge is -2.52. The first-order chi connectivity index (χ1) is 19.1. The van der Waals surface area contributed by atoms with Crippen molar-refractivity contribution in [3.05, 3.63) is 100 Å². The molecule has 0 radical (unpaired) electrons. The lowest BCUT2D eigenvalue weighted by molar-refractivity contribution is -0.130. The predicted molar refractivity (Wildman–Crippen MR) is 157 cm³/mol. The highest BCUT2D eigenvalue weighted by Gasteiger charge is 2.50. The number of nitrogens with one attached hydrogen (secondary N) is 1. The maximum atomic E-state index is 13.1. The number of primary amides is 1.